The van der Waals surface area contributed by atoms with E-state index in [1.807, 2.05) is 35.2 Å². The minimum atomic E-state index is -3.05. The number of nitrogens with zero attached hydrogens (tertiary/aromatic N) is 1. The molecule has 0 unspecified atom stereocenters. The molecule has 0 spiro atoms. The second-order valence-corrected chi connectivity index (χ2v) is 9.78. The molecule has 0 aliphatic heterocycles. The number of carbonyl (C=O) groups is 1. The average molecular weight is 349 g/mol. The molecule has 3 rings (SSSR count). The highest BCUT2D eigenvalue weighted by atomic mass is 32.2. The molecule has 2 fully saturated rings. The summed E-state index contributed by atoms with van der Waals surface area (Å²) in [4.78, 5) is 15.1. The molecule has 1 aromatic carbocycles. The lowest BCUT2D eigenvalue weighted by Gasteiger charge is -2.35. The van der Waals surface area contributed by atoms with Crippen molar-refractivity contribution in [3.8, 4) is 0 Å². The molecule has 2 aliphatic rings. The van der Waals surface area contributed by atoms with E-state index in [-0.39, 0.29) is 23.1 Å². The van der Waals surface area contributed by atoms with E-state index in [2.05, 4.69) is 0 Å². The Morgan fingerprint density at radius 1 is 1.12 bits per heavy atom. The number of sulfone groups is 1. The normalized spacial score (nSPS) is 20.5. The van der Waals surface area contributed by atoms with Crippen molar-refractivity contribution in [1.82, 2.24) is 0 Å². The predicted octanol–water partition coefficient (Wildman–Crippen LogP) is 3.57. The number of hydrogen-bond donors (Lipinski definition) is 0. The lowest BCUT2D eigenvalue weighted by Crippen LogP contribution is -2.43. The Morgan fingerprint density at radius 2 is 1.75 bits per heavy atom. The molecule has 2 aliphatic carbocycles. The van der Waals surface area contributed by atoms with Crippen LogP contribution in [0.4, 0.5) is 5.69 Å². The second kappa shape index (κ2) is 6.87. The van der Waals surface area contributed by atoms with Crippen LogP contribution in [0.2, 0.25) is 0 Å². The molecular formula is C19H27NO3S. The summed E-state index contributed by atoms with van der Waals surface area (Å²) in [5.74, 6) is 0.230. The van der Waals surface area contributed by atoms with Gasteiger partial charge in [-0.25, -0.2) is 8.42 Å². The first kappa shape index (κ1) is 17.5. The largest absolute Gasteiger partial charge is 0.309 e. The Balaban J connectivity index is 1.79. The van der Waals surface area contributed by atoms with Crippen LogP contribution >= 0.6 is 0 Å². The van der Waals surface area contributed by atoms with Crippen molar-refractivity contribution < 1.29 is 13.2 Å². The van der Waals surface area contributed by atoms with Gasteiger partial charge in [0.25, 0.3) is 0 Å². The summed E-state index contributed by atoms with van der Waals surface area (Å²) < 4.78 is 23.4. The molecular weight excluding hydrogens is 322 g/mol. The van der Waals surface area contributed by atoms with Gasteiger partial charge in [-0.05, 0) is 43.2 Å². The molecule has 1 aromatic rings. The summed E-state index contributed by atoms with van der Waals surface area (Å²) in [6.07, 6.45) is 8.97. The van der Waals surface area contributed by atoms with Crippen LogP contribution < -0.4 is 4.90 Å². The molecule has 1 amide bonds. The standard InChI is InChI=1S/C19H27NO3S/c1-24(22,23)15-19(12-13-19)14-18(21)20(16-8-4-2-5-9-16)17-10-6-3-7-11-17/h2,4-5,8-9,17H,3,6-7,10-15H2,1H3. The molecule has 2 saturated carbocycles. The first-order chi connectivity index (χ1) is 11.4. The number of benzene rings is 1. The maximum Gasteiger partial charge on any atom is 0.227 e. The molecule has 0 saturated heterocycles. The molecule has 5 heteroatoms. The lowest BCUT2D eigenvalue weighted by atomic mass is 9.92. The van der Waals surface area contributed by atoms with Gasteiger partial charge in [-0.15, -0.1) is 0 Å². The van der Waals surface area contributed by atoms with Gasteiger partial charge in [0.2, 0.25) is 5.91 Å². The minimum Gasteiger partial charge on any atom is -0.309 e. The maximum absolute atomic E-state index is 13.1. The number of para-hydroxylation sites is 1. The molecule has 132 valence electrons. The molecule has 0 radical (unpaired) electrons. The Hall–Kier alpha value is -1.36. The minimum absolute atomic E-state index is 0.0919. The van der Waals surface area contributed by atoms with Gasteiger partial charge in [0.15, 0.2) is 0 Å². The number of carbonyl (C=O) groups excluding carboxylic acids is 1. The van der Waals surface area contributed by atoms with E-state index < -0.39 is 9.84 Å². The van der Waals surface area contributed by atoms with Crippen LogP contribution in [0.5, 0.6) is 0 Å². The number of anilines is 1. The molecule has 0 atom stereocenters. The fourth-order valence-electron chi connectivity index (χ4n) is 4.00. The third kappa shape index (κ3) is 4.38. The van der Waals surface area contributed by atoms with Crippen molar-refractivity contribution in [2.24, 2.45) is 5.41 Å². The van der Waals surface area contributed by atoms with E-state index >= 15 is 0 Å². The highest BCUT2D eigenvalue weighted by molar-refractivity contribution is 7.90. The van der Waals surface area contributed by atoms with Crippen molar-refractivity contribution in [2.75, 3.05) is 16.9 Å². The first-order valence-corrected chi connectivity index (χ1v) is 11.0. The average Bonchev–Trinajstić information content (AvgIpc) is 3.26. The number of amides is 1. The van der Waals surface area contributed by atoms with Crippen LogP contribution in [0.1, 0.15) is 51.4 Å². The summed E-state index contributed by atoms with van der Waals surface area (Å²) in [5.41, 5.74) is 0.636. The summed E-state index contributed by atoms with van der Waals surface area (Å²) >= 11 is 0. The quantitative estimate of drug-likeness (QED) is 0.789. The predicted molar refractivity (Wildman–Crippen MR) is 96.8 cm³/mol. The van der Waals surface area contributed by atoms with Crippen LogP contribution in [-0.4, -0.2) is 32.4 Å². The summed E-state index contributed by atoms with van der Waals surface area (Å²) in [7, 11) is -3.05. The molecule has 0 bridgehead atoms. The maximum atomic E-state index is 13.1. The molecule has 0 N–H and O–H groups in total. The van der Waals surface area contributed by atoms with E-state index in [4.69, 9.17) is 0 Å². The van der Waals surface area contributed by atoms with Crippen LogP contribution in [0.3, 0.4) is 0 Å². The fraction of sp³-hybridized carbons (Fsp3) is 0.632. The Labute approximate surface area is 145 Å². The van der Waals surface area contributed by atoms with E-state index in [0.717, 1.165) is 44.2 Å². The summed E-state index contributed by atoms with van der Waals surface area (Å²) in [6.45, 7) is 0. The van der Waals surface area contributed by atoms with E-state index in [1.54, 1.807) is 0 Å². The van der Waals surface area contributed by atoms with Crippen LogP contribution in [0, 0.1) is 5.41 Å². The zero-order chi connectivity index (χ0) is 17.2. The van der Waals surface area contributed by atoms with E-state index in [1.165, 1.54) is 12.7 Å². The van der Waals surface area contributed by atoms with Gasteiger partial charge >= 0.3 is 0 Å². The van der Waals surface area contributed by atoms with Crippen molar-refractivity contribution in [2.45, 2.75) is 57.4 Å². The number of hydrogen-bond acceptors (Lipinski definition) is 3. The Morgan fingerprint density at radius 3 is 2.29 bits per heavy atom. The smallest absolute Gasteiger partial charge is 0.227 e. The molecule has 0 heterocycles. The third-order valence-corrected chi connectivity index (χ3v) is 6.43. The molecule has 4 nitrogen and oxygen atoms in total. The van der Waals surface area contributed by atoms with Crippen molar-refractivity contribution >= 4 is 21.4 Å². The van der Waals surface area contributed by atoms with Crippen LogP contribution in [-0.2, 0) is 14.6 Å². The lowest BCUT2D eigenvalue weighted by molar-refractivity contribution is -0.120. The topological polar surface area (TPSA) is 54.5 Å². The SMILES string of the molecule is CS(=O)(=O)CC1(CC(=O)N(c2ccccc2)C2CCCCC2)CC1. The van der Waals surface area contributed by atoms with E-state index in [9.17, 15) is 13.2 Å². The summed E-state index contributed by atoms with van der Waals surface area (Å²) in [5, 5.41) is 0. The zero-order valence-corrected chi connectivity index (χ0v) is 15.2. The van der Waals surface area contributed by atoms with Crippen LogP contribution in [0.15, 0.2) is 30.3 Å². The third-order valence-electron chi connectivity index (χ3n) is 5.29. The van der Waals surface area contributed by atoms with Gasteiger partial charge in [0.1, 0.15) is 9.84 Å². The van der Waals surface area contributed by atoms with Gasteiger partial charge < -0.3 is 4.90 Å². The van der Waals surface area contributed by atoms with Gasteiger partial charge in [-0.1, -0.05) is 37.5 Å². The summed E-state index contributed by atoms with van der Waals surface area (Å²) in [6, 6.07) is 10.1. The van der Waals surface area contributed by atoms with Crippen molar-refractivity contribution in [1.29, 1.82) is 0 Å². The number of rotatable bonds is 6. The van der Waals surface area contributed by atoms with Gasteiger partial charge in [-0.3, -0.25) is 4.79 Å². The van der Waals surface area contributed by atoms with Crippen molar-refractivity contribution in [3.63, 3.8) is 0 Å². The second-order valence-electron chi connectivity index (χ2n) is 7.64. The highest BCUT2D eigenvalue weighted by Crippen LogP contribution is 2.50. The molecule has 0 aromatic heterocycles. The van der Waals surface area contributed by atoms with E-state index in [0.29, 0.717) is 6.42 Å². The first-order valence-electron chi connectivity index (χ1n) is 8.93. The highest BCUT2D eigenvalue weighted by Gasteiger charge is 2.47. The molecule has 24 heavy (non-hydrogen) atoms. The monoisotopic (exact) mass is 349 g/mol. The Bertz CT molecular complexity index is 674. The fourth-order valence-corrected chi connectivity index (χ4v) is 5.50. The zero-order valence-electron chi connectivity index (χ0n) is 14.4. The van der Waals surface area contributed by atoms with Gasteiger partial charge in [-0.2, -0.15) is 0 Å². The van der Waals surface area contributed by atoms with Gasteiger partial charge in [0.05, 0.1) is 5.75 Å². The van der Waals surface area contributed by atoms with Gasteiger partial charge in [0, 0.05) is 24.4 Å². The Kier molecular flexibility index (Phi) is 5.00. The van der Waals surface area contributed by atoms with Crippen LogP contribution in [0.25, 0.3) is 0 Å². The van der Waals surface area contributed by atoms with Crippen molar-refractivity contribution in [3.05, 3.63) is 30.3 Å².